The van der Waals surface area contributed by atoms with Gasteiger partial charge in [0.2, 0.25) is 10.0 Å². The molecule has 0 amide bonds. The molecule has 0 aromatic heterocycles. The average molecular weight is 312 g/mol. The van der Waals surface area contributed by atoms with Gasteiger partial charge in [0.05, 0.1) is 11.5 Å². The number of aryl methyl sites for hydroxylation is 1. The molecule has 21 heavy (non-hydrogen) atoms. The molecule has 0 saturated carbocycles. The van der Waals surface area contributed by atoms with Gasteiger partial charge in [0.15, 0.2) is 0 Å². The van der Waals surface area contributed by atoms with E-state index in [0.29, 0.717) is 18.0 Å². The van der Waals surface area contributed by atoms with Crippen LogP contribution in [0.4, 0.5) is 0 Å². The summed E-state index contributed by atoms with van der Waals surface area (Å²) < 4.78 is 33.1. The van der Waals surface area contributed by atoms with Crippen LogP contribution in [0.1, 0.15) is 31.7 Å². The second-order valence-electron chi connectivity index (χ2n) is 5.44. The lowest BCUT2D eigenvalue weighted by Gasteiger charge is -2.14. The second-order valence-corrected chi connectivity index (χ2v) is 7.15. The highest BCUT2D eigenvalue weighted by Crippen LogP contribution is 2.22. The Balaban J connectivity index is 2.07. The molecular weight excluding hydrogens is 288 g/mol. The van der Waals surface area contributed by atoms with E-state index in [2.05, 4.69) is 17.0 Å². The van der Waals surface area contributed by atoms with Gasteiger partial charge in [-0.2, -0.15) is 0 Å². The summed E-state index contributed by atoms with van der Waals surface area (Å²) in [6.07, 6.45) is 2.90. The first kappa shape index (κ1) is 16.3. The van der Waals surface area contributed by atoms with Crippen LogP contribution < -0.4 is 14.8 Å². The van der Waals surface area contributed by atoms with E-state index in [0.717, 1.165) is 37.1 Å². The molecule has 1 saturated heterocycles. The molecule has 1 aromatic rings. The van der Waals surface area contributed by atoms with Crippen molar-refractivity contribution in [1.29, 1.82) is 0 Å². The molecule has 6 heteroatoms. The molecule has 118 valence electrons. The van der Waals surface area contributed by atoms with Gasteiger partial charge in [0.25, 0.3) is 0 Å². The van der Waals surface area contributed by atoms with Gasteiger partial charge in [-0.25, -0.2) is 13.1 Å². The highest BCUT2D eigenvalue weighted by atomic mass is 32.2. The lowest BCUT2D eigenvalue weighted by atomic mass is 10.2. The molecule has 1 aliphatic rings. The Kier molecular flexibility index (Phi) is 5.61. The number of nitrogens with one attached hydrogen (secondary N) is 2. The fourth-order valence-electron chi connectivity index (χ4n) is 2.32. The molecule has 1 heterocycles. The van der Waals surface area contributed by atoms with Gasteiger partial charge in [0, 0.05) is 12.6 Å². The van der Waals surface area contributed by atoms with Crippen molar-refractivity contribution in [1.82, 2.24) is 10.0 Å². The van der Waals surface area contributed by atoms with Crippen LogP contribution in [0, 0.1) is 6.92 Å². The van der Waals surface area contributed by atoms with Crippen molar-refractivity contribution in [2.24, 2.45) is 0 Å². The molecule has 0 bridgehead atoms. The first-order chi connectivity index (χ1) is 10.0. The largest absolute Gasteiger partial charge is 0.493 e. The Morgan fingerprint density at radius 1 is 1.43 bits per heavy atom. The number of hydrogen-bond donors (Lipinski definition) is 2. The number of unbranched alkanes of at least 4 members (excludes halogenated alkanes) is 1. The normalized spacial score (nSPS) is 18.9. The summed E-state index contributed by atoms with van der Waals surface area (Å²) in [6, 6.07) is 5.01. The molecule has 0 spiro atoms. The standard InChI is InChI=1S/C15H24N2O3S/c1-3-4-9-20-15-6-5-14(10-12(15)2)21(18,19)17-13-7-8-16-11-13/h5-6,10,13,16-17H,3-4,7-9,11H2,1-2H3/t13-/m0/s1. The molecule has 0 aliphatic carbocycles. The molecular formula is C15H24N2O3S. The first-order valence-corrected chi connectivity index (χ1v) is 8.97. The van der Waals surface area contributed by atoms with Crippen molar-refractivity contribution in [3.63, 3.8) is 0 Å². The van der Waals surface area contributed by atoms with E-state index in [1.54, 1.807) is 18.2 Å². The number of rotatable bonds is 7. The van der Waals surface area contributed by atoms with Gasteiger partial charge >= 0.3 is 0 Å². The molecule has 2 N–H and O–H groups in total. The molecule has 0 radical (unpaired) electrons. The van der Waals surface area contributed by atoms with Gasteiger partial charge in [-0.1, -0.05) is 13.3 Å². The van der Waals surface area contributed by atoms with Gasteiger partial charge in [-0.3, -0.25) is 0 Å². The SMILES string of the molecule is CCCCOc1ccc(S(=O)(=O)N[C@H]2CCNC2)cc1C. The van der Waals surface area contributed by atoms with Gasteiger partial charge in [-0.05, 0) is 50.1 Å². The predicted molar refractivity (Wildman–Crippen MR) is 83.2 cm³/mol. The van der Waals surface area contributed by atoms with Crippen LogP contribution in [0.15, 0.2) is 23.1 Å². The third kappa shape index (κ3) is 4.43. The van der Waals surface area contributed by atoms with E-state index >= 15 is 0 Å². The molecule has 2 rings (SSSR count). The zero-order chi connectivity index (χ0) is 15.3. The monoisotopic (exact) mass is 312 g/mol. The van der Waals surface area contributed by atoms with Crippen molar-refractivity contribution in [2.75, 3.05) is 19.7 Å². The van der Waals surface area contributed by atoms with Crippen LogP contribution in [0.3, 0.4) is 0 Å². The summed E-state index contributed by atoms with van der Waals surface area (Å²) in [5.41, 5.74) is 0.846. The van der Waals surface area contributed by atoms with Crippen molar-refractivity contribution >= 4 is 10.0 Å². The van der Waals surface area contributed by atoms with Crippen LogP contribution in [0.25, 0.3) is 0 Å². The van der Waals surface area contributed by atoms with E-state index in [1.165, 1.54) is 0 Å². The molecule has 1 aromatic carbocycles. The molecule has 1 aliphatic heterocycles. The molecule has 1 atom stereocenters. The Morgan fingerprint density at radius 3 is 2.86 bits per heavy atom. The second kappa shape index (κ2) is 7.24. The number of ether oxygens (including phenoxy) is 1. The molecule has 5 nitrogen and oxygen atoms in total. The first-order valence-electron chi connectivity index (χ1n) is 7.49. The van der Waals surface area contributed by atoms with Crippen molar-refractivity contribution in [3.05, 3.63) is 23.8 Å². The predicted octanol–water partition coefficient (Wildman–Crippen LogP) is 1.81. The zero-order valence-corrected chi connectivity index (χ0v) is 13.5. The van der Waals surface area contributed by atoms with Crippen LogP contribution in [0.2, 0.25) is 0 Å². The van der Waals surface area contributed by atoms with E-state index in [-0.39, 0.29) is 6.04 Å². The minimum atomic E-state index is -3.45. The zero-order valence-electron chi connectivity index (χ0n) is 12.7. The summed E-state index contributed by atoms with van der Waals surface area (Å²) in [5.74, 6) is 0.755. The Labute approximate surface area is 127 Å². The summed E-state index contributed by atoms with van der Waals surface area (Å²) >= 11 is 0. The maximum Gasteiger partial charge on any atom is 0.240 e. The summed E-state index contributed by atoms with van der Waals surface area (Å²) in [7, 11) is -3.45. The molecule has 0 unspecified atom stereocenters. The minimum Gasteiger partial charge on any atom is -0.493 e. The summed E-state index contributed by atoms with van der Waals surface area (Å²) in [5, 5.41) is 3.15. The van der Waals surface area contributed by atoms with E-state index in [1.807, 2.05) is 6.92 Å². The van der Waals surface area contributed by atoms with Gasteiger partial charge < -0.3 is 10.1 Å². The lowest BCUT2D eigenvalue weighted by molar-refractivity contribution is 0.307. The molecule has 1 fully saturated rings. The van der Waals surface area contributed by atoms with Gasteiger partial charge in [-0.15, -0.1) is 0 Å². The van der Waals surface area contributed by atoms with Crippen molar-refractivity contribution in [2.45, 2.75) is 44.0 Å². The Morgan fingerprint density at radius 2 is 2.24 bits per heavy atom. The average Bonchev–Trinajstić information content (AvgIpc) is 2.93. The van der Waals surface area contributed by atoms with Crippen LogP contribution >= 0.6 is 0 Å². The number of hydrogen-bond acceptors (Lipinski definition) is 4. The quantitative estimate of drug-likeness (QED) is 0.754. The summed E-state index contributed by atoms with van der Waals surface area (Å²) in [6.45, 7) is 6.19. The Bertz CT molecular complexity index is 566. The third-order valence-electron chi connectivity index (χ3n) is 3.59. The van der Waals surface area contributed by atoms with E-state index in [4.69, 9.17) is 4.74 Å². The smallest absolute Gasteiger partial charge is 0.240 e. The third-order valence-corrected chi connectivity index (χ3v) is 5.11. The Hall–Kier alpha value is -1.11. The number of benzene rings is 1. The lowest BCUT2D eigenvalue weighted by Crippen LogP contribution is -2.36. The summed E-state index contributed by atoms with van der Waals surface area (Å²) in [4.78, 5) is 0.301. The van der Waals surface area contributed by atoms with Crippen LogP contribution in [-0.4, -0.2) is 34.2 Å². The van der Waals surface area contributed by atoms with Gasteiger partial charge in [0.1, 0.15) is 5.75 Å². The van der Waals surface area contributed by atoms with Crippen molar-refractivity contribution in [3.8, 4) is 5.75 Å². The maximum absolute atomic E-state index is 12.3. The highest BCUT2D eigenvalue weighted by molar-refractivity contribution is 7.89. The highest BCUT2D eigenvalue weighted by Gasteiger charge is 2.23. The van der Waals surface area contributed by atoms with Crippen LogP contribution in [-0.2, 0) is 10.0 Å². The minimum absolute atomic E-state index is 0.0178. The fraction of sp³-hybridized carbons (Fsp3) is 0.600. The topological polar surface area (TPSA) is 67.4 Å². The van der Waals surface area contributed by atoms with Crippen LogP contribution in [0.5, 0.6) is 5.75 Å². The number of sulfonamides is 1. The maximum atomic E-state index is 12.3. The fourth-order valence-corrected chi connectivity index (χ4v) is 3.68. The van der Waals surface area contributed by atoms with Crippen molar-refractivity contribution < 1.29 is 13.2 Å². The van der Waals surface area contributed by atoms with E-state index in [9.17, 15) is 8.42 Å². The van der Waals surface area contributed by atoms with E-state index < -0.39 is 10.0 Å².